The third-order valence-corrected chi connectivity index (χ3v) is 5.44. The Bertz CT molecular complexity index is 726. The zero-order valence-corrected chi connectivity index (χ0v) is 14.6. The van der Waals surface area contributed by atoms with E-state index in [4.69, 9.17) is 10.7 Å². The molecule has 5 nitrogen and oxygen atoms in total. The fourth-order valence-electron chi connectivity index (χ4n) is 3.99. The highest BCUT2D eigenvalue weighted by Gasteiger charge is 2.25. The fourth-order valence-corrected chi connectivity index (χ4v) is 3.99. The van der Waals surface area contributed by atoms with E-state index in [2.05, 4.69) is 16.1 Å². The Morgan fingerprint density at radius 2 is 2.00 bits per heavy atom. The van der Waals surface area contributed by atoms with Crippen LogP contribution in [0.5, 0.6) is 0 Å². The van der Waals surface area contributed by atoms with Crippen molar-refractivity contribution in [3.8, 4) is 11.3 Å². The first kappa shape index (κ1) is 16.3. The molecule has 3 N–H and O–H groups in total. The van der Waals surface area contributed by atoms with Crippen LogP contribution in [-0.2, 0) is 17.8 Å². The molecule has 0 saturated heterocycles. The van der Waals surface area contributed by atoms with E-state index in [-0.39, 0.29) is 17.9 Å². The molecule has 1 aliphatic heterocycles. The van der Waals surface area contributed by atoms with Gasteiger partial charge in [-0.2, -0.15) is 0 Å². The second kappa shape index (κ2) is 7.00. The minimum atomic E-state index is 0.0447. The number of hydrogen-bond donors (Lipinski definition) is 2. The van der Waals surface area contributed by atoms with Gasteiger partial charge in [0.2, 0.25) is 5.91 Å². The highest BCUT2D eigenvalue weighted by molar-refractivity contribution is 5.92. The van der Waals surface area contributed by atoms with Crippen LogP contribution in [0.4, 0.5) is 5.69 Å². The lowest BCUT2D eigenvalue weighted by atomic mass is 9.85. The van der Waals surface area contributed by atoms with E-state index in [9.17, 15) is 4.79 Å². The Labute approximate surface area is 148 Å². The standard InChI is InChI=1S/C20H26N4O/c21-16-5-3-4-15(12-16)20(25)22-17-9-7-14(8-10-17)18-13-24-11-2-1-6-19(24)23-18/h7-10,13,15-16H,1-6,11-12,21H2,(H,22,25). The van der Waals surface area contributed by atoms with Gasteiger partial charge in [-0.3, -0.25) is 4.79 Å². The quantitative estimate of drug-likeness (QED) is 0.901. The molecule has 4 rings (SSSR count). The Balaban J connectivity index is 1.43. The molecule has 2 unspecified atom stereocenters. The number of nitrogens with one attached hydrogen (secondary N) is 1. The maximum atomic E-state index is 12.4. The molecule has 2 heterocycles. The van der Waals surface area contributed by atoms with Gasteiger partial charge in [0, 0.05) is 42.4 Å². The smallest absolute Gasteiger partial charge is 0.227 e. The Kier molecular flexibility index (Phi) is 4.57. The molecule has 1 amide bonds. The molecule has 2 atom stereocenters. The van der Waals surface area contributed by atoms with Crippen LogP contribution in [0.25, 0.3) is 11.3 Å². The molecule has 1 saturated carbocycles. The molecule has 132 valence electrons. The normalized spacial score (nSPS) is 23.1. The van der Waals surface area contributed by atoms with Crippen LogP contribution in [0.15, 0.2) is 30.5 Å². The predicted octanol–water partition coefficient (Wildman–Crippen LogP) is 3.34. The average Bonchev–Trinajstić information content (AvgIpc) is 3.06. The maximum Gasteiger partial charge on any atom is 0.227 e. The largest absolute Gasteiger partial charge is 0.334 e. The number of nitrogens with zero attached hydrogens (tertiary/aromatic N) is 2. The maximum absolute atomic E-state index is 12.4. The number of aromatic nitrogens is 2. The van der Waals surface area contributed by atoms with Crippen LogP contribution in [-0.4, -0.2) is 21.5 Å². The summed E-state index contributed by atoms with van der Waals surface area (Å²) in [5.41, 5.74) is 8.96. The molecule has 2 aliphatic rings. The molecule has 25 heavy (non-hydrogen) atoms. The van der Waals surface area contributed by atoms with Gasteiger partial charge >= 0.3 is 0 Å². The SMILES string of the molecule is NC1CCCC(C(=O)Nc2ccc(-c3cn4c(n3)CCCC4)cc2)C1. The van der Waals surface area contributed by atoms with Crippen molar-refractivity contribution in [2.75, 3.05) is 5.32 Å². The number of carbonyl (C=O) groups is 1. The summed E-state index contributed by atoms with van der Waals surface area (Å²) >= 11 is 0. The summed E-state index contributed by atoms with van der Waals surface area (Å²) < 4.78 is 2.26. The number of imidazole rings is 1. The Morgan fingerprint density at radius 3 is 2.76 bits per heavy atom. The second-order valence-electron chi connectivity index (χ2n) is 7.38. The zero-order chi connectivity index (χ0) is 17.2. The van der Waals surface area contributed by atoms with E-state index in [1.165, 1.54) is 18.7 Å². The minimum absolute atomic E-state index is 0.0447. The van der Waals surface area contributed by atoms with E-state index in [1.807, 2.05) is 24.3 Å². The monoisotopic (exact) mass is 338 g/mol. The molecule has 1 aliphatic carbocycles. The fraction of sp³-hybridized carbons (Fsp3) is 0.500. The first-order valence-corrected chi connectivity index (χ1v) is 9.42. The molecular weight excluding hydrogens is 312 g/mol. The van der Waals surface area contributed by atoms with Gasteiger partial charge in [-0.1, -0.05) is 18.6 Å². The van der Waals surface area contributed by atoms with E-state index < -0.39 is 0 Å². The first-order chi connectivity index (χ1) is 12.2. The topological polar surface area (TPSA) is 72.9 Å². The summed E-state index contributed by atoms with van der Waals surface area (Å²) in [4.78, 5) is 17.2. The molecule has 5 heteroatoms. The molecule has 2 aromatic rings. The van der Waals surface area contributed by atoms with Crippen molar-refractivity contribution in [3.63, 3.8) is 0 Å². The zero-order valence-electron chi connectivity index (χ0n) is 14.6. The number of rotatable bonds is 3. The third-order valence-electron chi connectivity index (χ3n) is 5.44. The van der Waals surface area contributed by atoms with Crippen molar-refractivity contribution in [3.05, 3.63) is 36.3 Å². The summed E-state index contributed by atoms with van der Waals surface area (Å²) in [5.74, 6) is 1.33. The number of fused-ring (bicyclic) bond motifs is 1. The number of benzene rings is 1. The highest BCUT2D eigenvalue weighted by atomic mass is 16.1. The van der Waals surface area contributed by atoms with Gasteiger partial charge in [0.05, 0.1) is 5.69 Å². The number of hydrogen-bond acceptors (Lipinski definition) is 3. The lowest BCUT2D eigenvalue weighted by Gasteiger charge is -2.25. The molecule has 1 aromatic heterocycles. The first-order valence-electron chi connectivity index (χ1n) is 9.42. The van der Waals surface area contributed by atoms with E-state index in [0.29, 0.717) is 0 Å². The lowest BCUT2D eigenvalue weighted by Crippen LogP contribution is -2.34. The second-order valence-corrected chi connectivity index (χ2v) is 7.38. The van der Waals surface area contributed by atoms with Gasteiger partial charge in [0.25, 0.3) is 0 Å². The highest BCUT2D eigenvalue weighted by Crippen LogP contribution is 2.26. The van der Waals surface area contributed by atoms with Crippen LogP contribution in [0.2, 0.25) is 0 Å². The van der Waals surface area contributed by atoms with Crippen molar-refractivity contribution < 1.29 is 4.79 Å². The number of carbonyl (C=O) groups excluding carboxylic acids is 1. The van der Waals surface area contributed by atoms with Gasteiger partial charge in [-0.15, -0.1) is 0 Å². The molecule has 0 radical (unpaired) electrons. The van der Waals surface area contributed by atoms with Crippen LogP contribution in [0.3, 0.4) is 0 Å². The van der Waals surface area contributed by atoms with Gasteiger partial charge in [-0.05, 0) is 44.2 Å². The van der Waals surface area contributed by atoms with Crippen molar-refractivity contribution in [1.29, 1.82) is 0 Å². The van der Waals surface area contributed by atoms with E-state index in [1.54, 1.807) is 0 Å². The Morgan fingerprint density at radius 1 is 1.16 bits per heavy atom. The number of aryl methyl sites for hydroxylation is 2. The van der Waals surface area contributed by atoms with E-state index in [0.717, 1.165) is 55.6 Å². The number of anilines is 1. The lowest BCUT2D eigenvalue weighted by molar-refractivity contribution is -0.120. The van der Waals surface area contributed by atoms with Crippen molar-refractivity contribution in [2.45, 2.75) is 57.5 Å². The van der Waals surface area contributed by atoms with Gasteiger partial charge in [0.15, 0.2) is 0 Å². The van der Waals surface area contributed by atoms with Crippen LogP contribution < -0.4 is 11.1 Å². The number of amides is 1. The summed E-state index contributed by atoms with van der Waals surface area (Å²) in [6.07, 6.45) is 9.49. The molecule has 1 aromatic carbocycles. The van der Waals surface area contributed by atoms with Gasteiger partial charge < -0.3 is 15.6 Å². The number of nitrogens with two attached hydrogens (primary N) is 1. The van der Waals surface area contributed by atoms with Crippen molar-refractivity contribution >= 4 is 11.6 Å². The van der Waals surface area contributed by atoms with Crippen LogP contribution in [0, 0.1) is 5.92 Å². The summed E-state index contributed by atoms with van der Waals surface area (Å²) in [6.45, 7) is 1.07. The Hall–Kier alpha value is -2.14. The summed E-state index contributed by atoms with van der Waals surface area (Å²) in [6, 6.07) is 8.18. The molecule has 0 spiro atoms. The van der Waals surface area contributed by atoms with E-state index >= 15 is 0 Å². The summed E-state index contributed by atoms with van der Waals surface area (Å²) in [7, 11) is 0. The van der Waals surface area contributed by atoms with Crippen molar-refractivity contribution in [2.24, 2.45) is 11.7 Å². The van der Waals surface area contributed by atoms with Crippen molar-refractivity contribution in [1.82, 2.24) is 9.55 Å². The minimum Gasteiger partial charge on any atom is -0.334 e. The average molecular weight is 338 g/mol. The predicted molar refractivity (Wildman–Crippen MR) is 99.2 cm³/mol. The molecule has 1 fully saturated rings. The van der Waals surface area contributed by atoms with Crippen LogP contribution in [0.1, 0.15) is 44.3 Å². The van der Waals surface area contributed by atoms with Gasteiger partial charge in [-0.25, -0.2) is 4.98 Å². The summed E-state index contributed by atoms with van der Waals surface area (Å²) in [5, 5.41) is 3.04. The van der Waals surface area contributed by atoms with Gasteiger partial charge in [0.1, 0.15) is 5.82 Å². The molecule has 0 bridgehead atoms. The third kappa shape index (κ3) is 3.61. The molecular formula is C20H26N4O. The van der Waals surface area contributed by atoms with Crippen LogP contribution >= 0.6 is 0 Å².